The highest BCUT2D eigenvalue weighted by Crippen LogP contribution is 2.28. The summed E-state index contributed by atoms with van der Waals surface area (Å²) in [6.45, 7) is 12.1. The van der Waals surface area contributed by atoms with Crippen molar-refractivity contribution in [2.24, 2.45) is 5.92 Å². The minimum atomic E-state index is -3.42. The highest BCUT2D eigenvalue weighted by Gasteiger charge is 2.30. The molecule has 0 N–H and O–H groups in total. The minimum Gasteiger partial charge on any atom is -0.318 e. The Bertz CT molecular complexity index is 922. The summed E-state index contributed by atoms with van der Waals surface area (Å²) in [5.74, 6) is 0.496. The number of benzene rings is 1. The average Bonchev–Trinajstić information content (AvgIpc) is 3.11. The quantitative estimate of drug-likeness (QED) is 0.638. The van der Waals surface area contributed by atoms with E-state index in [0.29, 0.717) is 19.0 Å². The molecule has 0 saturated carbocycles. The Kier molecular flexibility index (Phi) is 7.37. The van der Waals surface area contributed by atoms with Crippen LogP contribution in [0.2, 0.25) is 0 Å². The van der Waals surface area contributed by atoms with Crippen LogP contribution in [0.5, 0.6) is 0 Å². The van der Waals surface area contributed by atoms with Crippen LogP contribution in [-0.2, 0) is 22.9 Å². The van der Waals surface area contributed by atoms with Gasteiger partial charge < -0.3 is 9.47 Å². The lowest BCUT2D eigenvalue weighted by Gasteiger charge is -2.40. The van der Waals surface area contributed by atoms with Gasteiger partial charge in [-0.15, -0.1) is 0 Å². The third-order valence-electron chi connectivity index (χ3n) is 5.95. The Labute approximate surface area is 181 Å². The first-order chi connectivity index (χ1) is 14.2. The predicted octanol–water partition coefficient (Wildman–Crippen LogP) is 3.60. The number of likely N-dealkylation sites (N-methyl/N-ethyl adjacent to an activating group) is 1. The summed E-state index contributed by atoms with van der Waals surface area (Å²) in [5.41, 5.74) is 2.28. The largest absolute Gasteiger partial charge is 0.318 e. The van der Waals surface area contributed by atoms with Gasteiger partial charge in [0.2, 0.25) is 15.0 Å². The van der Waals surface area contributed by atoms with E-state index in [1.165, 1.54) is 5.56 Å². The summed E-state index contributed by atoms with van der Waals surface area (Å²) in [6.07, 6.45) is 2.70. The summed E-state index contributed by atoms with van der Waals surface area (Å²) < 4.78 is 27.8. The molecule has 2 aromatic rings. The maximum absolute atomic E-state index is 12.9. The summed E-state index contributed by atoms with van der Waals surface area (Å²) >= 11 is 0. The van der Waals surface area contributed by atoms with Gasteiger partial charge in [0.15, 0.2) is 0 Å². The molecule has 3 rings (SSSR count). The molecule has 7 heteroatoms. The van der Waals surface area contributed by atoms with Gasteiger partial charge in [-0.1, -0.05) is 44.2 Å². The fraction of sp³-hybridized carbons (Fsp3) is 0.609. The first kappa shape index (κ1) is 23.0. The van der Waals surface area contributed by atoms with E-state index >= 15 is 0 Å². The van der Waals surface area contributed by atoms with E-state index in [-0.39, 0.29) is 11.2 Å². The van der Waals surface area contributed by atoms with Crippen molar-refractivity contribution in [2.45, 2.75) is 63.7 Å². The van der Waals surface area contributed by atoms with Gasteiger partial charge in [0.05, 0.1) is 17.1 Å². The van der Waals surface area contributed by atoms with Crippen molar-refractivity contribution in [3.63, 3.8) is 0 Å². The Morgan fingerprint density at radius 3 is 2.43 bits per heavy atom. The van der Waals surface area contributed by atoms with Crippen LogP contribution in [0.3, 0.4) is 0 Å². The summed E-state index contributed by atoms with van der Waals surface area (Å²) in [4.78, 5) is 9.23. The maximum atomic E-state index is 12.9. The zero-order chi connectivity index (χ0) is 21.9. The normalized spacial score (nSPS) is 19.1. The molecule has 0 unspecified atom stereocenters. The molecular formula is C23H36N4O2S. The predicted molar refractivity (Wildman–Crippen MR) is 121 cm³/mol. The zero-order valence-corrected chi connectivity index (χ0v) is 19.8. The Balaban J connectivity index is 1.93. The van der Waals surface area contributed by atoms with Crippen molar-refractivity contribution in [3.05, 3.63) is 47.8 Å². The molecule has 0 bridgehead atoms. The topological polar surface area (TPSA) is 58.4 Å². The molecule has 0 aliphatic carbocycles. The molecule has 1 aliphatic heterocycles. The average molecular weight is 433 g/mol. The summed E-state index contributed by atoms with van der Waals surface area (Å²) in [5, 5.41) is -0.259. The van der Waals surface area contributed by atoms with Gasteiger partial charge in [0.1, 0.15) is 0 Å². The number of aromatic nitrogens is 2. The molecular weight excluding hydrogens is 396 g/mol. The minimum absolute atomic E-state index is 0.221. The first-order valence-corrected chi connectivity index (χ1v) is 12.5. The van der Waals surface area contributed by atoms with E-state index < -0.39 is 15.1 Å². The van der Waals surface area contributed by atoms with Crippen molar-refractivity contribution in [3.8, 4) is 0 Å². The van der Waals surface area contributed by atoms with Crippen molar-refractivity contribution in [1.82, 2.24) is 19.4 Å². The van der Waals surface area contributed by atoms with E-state index in [0.717, 1.165) is 31.7 Å². The van der Waals surface area contributed by atoms with Crippen LogP contribution in [0.1, 0.15) is 51.4 Å². The molecule has 1 aromatic carbocycles. The summed E-state index contributed by atoms with van der Waals surface area (Å²) in [7, 11) is -1.26. The second kappa shape index (κ2) is 9.62. The SMILES string of the molecule is CC(C)CCn1c(CN2CCN(C)C[C@@H]2c2ccccc2)cnc1S(=O)(=O)C(C)C. The van der Waals surface area contributed by atoms with Crippen LogP contribution in [-0.4, -0.2) is 59.7 Å². The zero-order valence-electron chi connectivity index (χ0n) is 19.0. The van der Waals surface area contributed by atoms with Crippen molar-refractivity contribution in [1.29, 1.82) is 0 Å². The fourth-order valence-corrected chi connectivity index (χ4v) is 5.07. The molecule has 1 fully saturated rings. The molecule has 30 heavy (non-hydrogen) atoms. The third kappa shape index (κ3) is 5.13. The Morgan fingerprint density at radius 1 is 1.10 bits per heavy atom. The van der Waals surface area contributed by atoms with Gasteiger partial charge in [-0.2, -0.15) is 0 Å². The number of nitrogens with zero attached hydrogens (tertiary/aromatic N) is 4. The number of hydrogen-bond acceptors (Lipinski definition) is 5. The molecule has 6 nitrogen and oxygen atoms in total. The van der Waals surface area contributed by atoms with Crippen LogP contribution in [0.4, 0.5) is 0 Å². The highest BCUT2D eigenvalue weighted by atomic mass is 32.2. The van der Waals surface area contributed by atoms with Gasteiger partial charge in [0, 0.05) is 38.8 Å². The number of sulfone groups is 1. The standard InChI is InChI=1S/C23H36N4O2S/c1-18(2)11-12-27-21(15-24-23(27)30(28,29)19(3)4)16-26-14-13-25(5)17-22(26)20-9-7-6-8-10-20/h6-10,15,18-19,22H,11-14,16-17H2,1-5H3/t22-/m1/s1. The molecule has 1 aliphatic rings. The monoisotopic (exact) mass is 432 g/mol. The van der Waals surface area contributed by atoms with E-state index in [4.69, 9.17) is 0 Å². The molecule has 0 amide bonds. The van der Waals surface area contributed by atoms with E-state index in [2.05, 4.69) is 59.9 Å². The van der Waals surface area contributed by atoms with Crippen molar-refractivity contribution < 1.29 is 8.42 Å². The second-order valence-electron chi connectivity index (χ2n) is 9.12. The van der Waals surface area contributed by atoms with Crippen LogP contribution in [0.25, 0.3) is 0 Å². The van der Waals surface area contributed by atoms with Gasteiger partial charge in [-0.3, -0.25) is 4.90 Å². The van der Waals surface area contributed by atoms with E-state index in [9.17, 15) is 8.42 Å². The lowest BCUT2D eigenvalue weighted by atomic mass is 10.0. The third-order valence-corrected chi connectivity index (χ3v) is 8.03. The van der Waals surface area contributed by atoms with Crippen LogP contribution < -0.4 is 0 Å². The molecule has 1 saturated heterocycles. The van der Waals surface area contributed by atoms with E-state index in [1.807, 2.05) is 10.6 Å². The molecule has 0 spiro atoms. The Morgan fingerprint density at radius 2 is 1.80 bits per heavy atom. The lowest BCUT2D eigenvalue weighted by Crippen LogP contribution is -2.46. The van der Waals surface area contributed by atoms with Crippen molar-refractivity contribution in [2.75, 3.05) is 26.7 Å². The van der Waals surface area contributed by atoms with Crippen molar-refractivity contribution >= 4 is 9.84 Å². The van der Waals surface area contributed by atoms with Crippen LogP contribution in [0, 0.1) is 5.92 Å². The van der Waals surface area contributed by atoms with Gasteiger partial charge in [-0.05, 0) is 38.8 Å². The molecule has 1 aromatic heterocycles. The smallest absolute Gasteiger partial charge is 0.228 e. The van der Waals surface area contributed by atoms with Gasteiger partial charge in [0.25, 0.3) is 0 Å². The maximum Gasteiger partial charge on any atom is 0.228 e. The number of rotatable bonds is 8. The molecule has 1 atom stereocenters. The lowest BCUT2D eigenvalue weighted by molar-refractivity contribution is 0.0809. The highest BCUT2D eigenvalue weighted by molar-refractivity contribution is 7.91. The van der Waals surface area contributed by atoms with E-state index in [1.54, 1.807) is 20.0 Å². The number of piperazine rings is 1. The van der Waals surface area contributed by atoms with Crippen LogP contribution in [0.15, 0.2) is 41.7 Å². The molecule has 0 radical (unpaired) electrons. The summed E-state index contributed by atoms with van der Waals surface area (Å²) in [6, 6.07) is 10.9. The number of imidazole rings is 1. The molecule has 2 heterocycles. The second-order valence-corrected chi connectivity index (χ2v) is 11.5. The fourth-order valence-electron chi connectivity index (χ4n) is 3.93. The van der Waals surface area contributed by atoms with Gasteiger partial charge in [-0.25, -0.2) is 13.4 Å². The molecule has 166 valence electrons. The Hall–Kier alpha value is -1.70. The first-order valence-electron chi connectivity index (χ1n) is 11.0. The van der Waals surface area contributed by atoms with Crippen LogP contribution >= 0.6 is 0 Å². The number of hydrogen-bond donors (Lipinski definition) is 0. The van der Waals surface area contributed by atoms with Gasteiger partial charge >= 0.3 is 0 Å².